The van der Waals surface area contributed by atoms with E-state index in [1.807, 2.05) is 0 Å². The minimum absolute atomic E-state index is 0.0917. The molecule has 19 heteroatoms. The van der Waals surface area contributed by atoms with Gasteiger partial charge in [-0.1, -0.05) is 301 Å². The lowest BCUT2D eigenvalue weighted by Crippen LogP contribution is -2.30. The number of unbranched alkanes of at least 4 members (excludes halogenated alkanes) is 44. The number of hydrogen-bond acceptors (Lipinski definition) is 15. The molecule has 0 spiro atoms. The lowest BCUT2D eigenvalue weighted by atomic mass is 10.0. The van der Waals surface area contributed by atoms with Gasteiger partial charge in [-0.15, -0.1) is 0 Å². The number of carbonyl (C=O) groups excluding carboxylic acids is 4. The van der Waals surface area contributed by atoms with Gasteiger partial charge >= 0.3 is 39.5 Å². The summed E-state index contributed by atoms with van der Waals surface area (Å²) in [6.07, 6.45) is 72.2. The number of phosphoric acid groups is 2. The van der Waals surface area contributed by atoms with Crippen LogP contribution in [-0.2, 0) is 65.4 Å². The van der Waals surface area contributed by atoms with Crippen molar-refractivity contribution in [1.29, 1.82) is 0 Å². The van der Waals surface area contributed by atoms with Crippen molar-refractivity contribution in [1.82, 2.24) is 0 Å². The van der Waals surface area contributed by atoms with Gasteiger partial charge in [-0.25, -0.2) is 9.13 Å². The van der Waals surface area contributed by atoms with E-state index in [1.54, 1.807) is 0 Å². The van der Waals surface area contributed by atoms with E-state index in [0.29, 0.717) is 25.7 Å². The summed E-state index contributed by atoms with van der Waals surface area (Å²) in [5.41, 5.74) is 0. The van der Waals surface area contributed by atoms with Gasteiger partial charge in [0.1, 0.15) is 19.3 Å². The third-order valence-electron chi connectivity index (χ3n) is 17.8. The maximum atomic E-state index is 13.1. The third kappa shape index (κ3) is 73.3. The average molecular weight is 1460 g/mol. The first-order valence-corrected chi connectivity index (χ1v) is 43.9. The molecule has 0 bridgehead atoms. The molecular weight excluding hydrogens is 1310 g/mol. The molecule has 0 radical (unpaired) electrons. The van der Waals surface area contributed by atoms with Crippen molar-refractivity contribution in [2.75, 3.05) is 39.6 Å². The van der Waals surface area contributed by atoms with Crippen LogP contribution in [0.1, 0.15) is 387 Å². The number of aliphatic hydroxyl groups is 1. The normalized spacial score (nSPS) is 14.1. The lowest BCUT2D eigenvalue weighted by molar-refractivity contribution is -0.161. The number of phosphoric ester groups is 2. The van der Waals surface area contributed by atoms with Crippen molar-refractivity contribution in [2.45, 2.75) is 406 Å². The number of ether oxygens (including phenoxy) is 4. The van der Waals surface area contributed by atoms with E-state index in [2.05, 4.69) is 76.3 Å². The average Bonchev–Trinajstić information content (AvgIpc) is 1.01. The van der Waals surface area contributed by atoms with Crippen molar-refractivity contribution in [3.63, 3.8) is 0 Å². The van der Waals surface area contributed by atoms with Gasteiger partial charge in [-0.05, 0) is 109 Å². The predicted octanol–water partition coefficient (Wildman–Crippen LogP) is 23.7. The number of allylic oxidation sites excluding steroid dienone is 8. The topological polar surface area (TPSA) is 237 Å². The van der Waals surface area contributed by atoms with Crippen LogP contribution < -0.4 is 0 Å². The Morgan fingerprint density at radius 2 is 0.490 bits per heavy atom. The van der Waals surface area contributed by atoms with Crippen LogP contribution in [0.5, 0.6) is 0 Å². The highest BCUT2D eigenvalue weighted by atomic mass is 31.2. The predicted molar refractivity (Wildman–Crippen MR) is 409 cm³/mol. The second-order valence-electron chi connectivity index (χ2n) is 27.7. The summed E-state index contributed by atoms with van der Waals surface area (Å²) < 4.78 is 68.7. The van der Waals surface area contributed by atoms with Gasteiger partial charge in [-0.3, -0.25) is 37.3 Å². The first kappa shape index (κ1) is 97.0. The van der Waals surface area contributed by atoms with Crippen molar-refractivity contribution in [3.8, 4) is 0 Å². The largest absolute Gasteiger partial charge is 0.472 e. The van der Waals surface area contributed by atoms with E-state index in [0.717, 1.165) is 154 Å². The standard InChI is InChI=1S/C81H150O17P2/c1-5-9-13-17-21-25-29-33-37-41-45-49-53-57-61-65-78(83)91-71-76(97-80(85)67-63-59-55-51-47-43-39-35-31-27-23-19-15-11-7-3)73-95-99(87,88)93-69-75(82)70-94-100(89,90)96-74-77(98-81(86)68-64-60-56-52-48-44-40-36-32-28-24-20-16-12-8-4)72-92-79(84)66-62-58-54-50-46-42-38-34-30-26-22-18-14-10-6-2/h21,25,27,31,33,36-37,40,75-77,82H,5-20,22-24,26,28-30,32,34-35,38-39,41-74H2,1-4H3,(H,87,88)(H,89,90)/b25-21-,31-27-,37-33-,40-36-/t75-,76-,77-/m1/s1. The zero-order valence-electron chi connectivity index (χ0n) is 64.1. The zero-order chi connectivity index (χ0) is 73.2. The van der Waals surface area contributed by atoms with Crippen molar-refractivity contribution >= 4 is 39.5 Å². The van der Waals surface area contributed by atoms with Crippen LogP contribution in [0.2, 0.25) is 0 Å². The summed E-state index contributed by atoms with van der Waals surface area (Å²) in [6.45, 7) is 4.89. The Balaban J connectivity index is 5.33. The Hall–Kier alpha value is -2.98. The Morgan fingerprint density at radius 3 is 0.780 bits per heavy atom. The fourth-order valence-corrected chi connectivity index (χ4v) is 13.1. The molecule has 0 saturated heterocycles. The van der Waals surface area contributed by atoms with Gasteiger partial charge in [0, 0.05) is 25.7 Å². The summed E-state index contributed by atoms with van der Waals surface area (Å²) in [4.78, 5) is 73.0. The van der Waals surface area contributed by atoms with E-state index in [4.69, 9.17) is 37.0 Å². The lowest BCUT2D eigenvalue weighted by Gasteiger charge is -2.21. The Bertz CT molecular complexity index is 2080. The van der Waals surface area contributed by atoms with Gasteiger partial charge in [0.2, 0.25) is 0 Å². The Labute approximate surface area is 610 Å². The van der Waals surface area contributed by atoms with Crippen molar-refractivity contribution in [3.05, 3.63) is 48.6 Å². The number of rotatable bonds is 78. The van der Waals surface area contributed by atoms with Gasteiger partial charge in [0.15, 0.2) is 12.2 Å². The second-order valence-corrected chi connectivity index (χ2v) is 30.6. The van der Waals surface area contributed by atoms with Crippen LogP contribution in [0.4, 0.5) is 0 Å². The Morgan fingerprint density at radius 1 is 0.280 bits per heavy atom. The minimum Gasteiger partial charge on any atom is -0.462 e. The van der Waals surface area contributed by atoms with E-state index >= 15 is 0 Å². The molecular formula is C81H150O17P2. The highest BCUT2D eigenvalue weighted by Gasteiger charge is 2.30. The molecule has 0 fully saturated rings. The molecule has 17 nitrogen and oxygen atoms in total. The molecule has 0 aromatic carbocycles. The molecule has 0 aliphatic rings. The SMILES string of the molecule is CCCCC/C=C\C/C=C\CCCCCCCC(=O)OC[C@H](COP(=O)(O)OC[C@@H](O)COP(=O)(O)OC[C@@H](COC(=O)CCCCCCCCCCCCCCCCC)OC(=O)CCCCCCC/C=C\CCCCCCCC)OC(=O)CCCCCCCCC/C=C\CCCCCC. The quantitative estimate of drug-likeness (QED) is 0.0169. The highest BCUT2D eigenvalue weighted by Crippen LogP contribution is 2.45. The van der Waals surface area contributed by atoms with Gasteiger partial charge in [0.05, 0.1) is 26.4 Å². The Kier molecular flexibility index (Phi) is 72.1. The molecule has 2 unspecified atom stereocenters. The summed E-state index contributed by atoms with van der Waals surface area (Å²) >= 11 is 0. The van der Waals surface area contributed by atoms with E-state index in [-0.39, 0.29) is 25.7 Å². The number of carbonyl (C=O) groups is 4. The van der Waals surface area contributed by atoms with Gasteiger partial charge in [0.25, 0.3) is 0 Å². The summed E-state index contributed by atoms with van der Waals surface area (Å²) in [6, 6.07) is 0. The number of hydrogen-bond donors (Lipinski definition) is 3. The molecule has 0 aromatic heterocycles. The maximum absolute atomic E-state index is 13.1. The molecule has 3 N–H and O–H groups in total. The van der Waals surface area contributed by atoms with Crippen LogP contribution >= 0.6 is 15.6 Å². The van der Waals surface area contributed by atoms with Crippen LogP contribution in [0.25, 0.3) is 0 Å². The fourth-order valence-electron chi connectivity index (χ4n) is 11.5. The van der Waals surface area contributed by atoms with Crippen LogP contribution in [-0.4, -0.2) is 96.7 Å². The summed E-state index contributed by atoms with van der Waals surface area (Å²) in [5, 5.41) is 10.6. The van der Waals surface area contributed by atoms with E-state index in [9.17, 15) is 43.2 Å². The van der Waals surface area contributed by atoms with E-state index in [1.165, 1.54) is 154 Å². The highest BCUT2D eigenvalue weighted by molar-refractivity contribution is 7.47. The molecule has 0 saturated carbocycles. The first-order valence-electron chi connectivity index (χ1n) is 40.9. The monoisotopic (exact) mass is 1460 g/mol. The van der Waals surface area contributed by atoms with Crippen molar-refractivity contribution < 1.29 is 80.2 Å². The first-order chi connectivity index (χ1) is 48.7. The zero-order valence-corrected chi connectivity index (χ0v) is 65.9. The number of aliphatic hydroxyl groups excluding tert-OH is 1. The molecule has 0 aromatic rings. The smallest absolute Gasteiger partial charge is 0.462 e. The molecule has 5 atom stereocenters. The number of esters is 4. The second kappa shape index (κ2) is 74.3. The summed E-state index contributed by atoms with van der Waals surface area (Å²) in [7, 11) is -9.94. The van der Waals surface area contributed by atoms with Crippen LogP contribution in [0.3, 0.4) is 0 Å². The molecule has 0 heterocycles. The van der Waals surface area contributed by atoms with Crippen LogP contribution in [0, 0.1) is 0 Å². The molecule has 586 valence electrons. The fraction of sp³-hybridized carbons (Fsp3) is 0.852. The van der Waals surface area contributed by atoms with Crippen molar-refractivity contribution in [2.24, 2.45) is 0 Å². The summed E-state index contributed by atoms with van der Waals surface area (Å²) in [5.74, 6) is -2.16. The minimum atomic E-state index is -4.97. The maximum Gasteiger partial charge on any atom is 0.472 e. The molecule has 100 heavy (non-hydrogen) atoms. The third-order valence-corrected chi connectivity index (χ3v) is 19.7. The molecule has 0 amide bonds. The molecule has 0 rings (SSSR count). The van der Waals surface area contributed by atoms with Crippen LogP contribution in [0.15, 0.2) is 48.6 Å². The van der Waals surface area contributed by atoms with E-state index < -0.39 is 97.5 Å². The molecule has 0 aliphatic heterocycles. The van der Waals surface area contributed by atoms with Gasteiger partial charge in [-0.2, -0.15) is 0 Å². The molecule has 0 aliphatic carbocycles. The van der Waals surface area contributed by atoms with Gasteiger partial charge < -0.3 is 33.8 Å².